The van der Waals surface area contributed by atoms with Crippen molar-refractivity contribution in [2.24, 2.45) is 5.92 Å². The average molecular weight is 399 g/mol. The van der Waals surface area contributed by atoms with Crippen molar-refractivity contribution in [1.29, 1.82) is 0 Å². The molecule has 0 saturated heterocycles. The topological polar surface area (TPSA) is 58.2 Å². The van der Waals surface area contributed by atoms with Crippen LogP contribution in [0.25, 0.3) is 0 Å². The Bertz CT molecular complexity index is 958. The van der Waals surface area contributed by atoms with Gasteiger partial charge in [-0.15, -0.1) is 0 Å². The average Bonchev–Trinajstić information content (AvgIpc) is 3.64. The fourth-order valence-electron chi connectivity index (χ4n) is 3.66. The van der Waals surface area contributed by atoms with Crippen LogP contribution in [0, 0.1) is 5.92 Å². The van der Waals surface area contributed by atoms with E-state index in [9.17, 15) is 9.59 Å². The molecule has 0 spiro atoms. The Morgan fingerprint density at radius 1 is 0.833 bits per heavy atom. The number of hydrogen-bond donors (Lipinski definition) is 2. The molecular formula is C26H26N2O2. The molecule has 152 valence electrons. The molecule has 1 aliphatic carbocycles. The van der Waals surface area contributed by atoms with Crippen molar-refractivity contribution >= 4 is 17.5 Å². The van der Waals surface area contributed by atoms with Gasteiger partial charge in [-0.05, 0) is 48.6 Å². The molecule has 1 saturated carbocycles. The van der Waals surface area contributed by atoms with E-state index in [1.807, 2.05) is 42.5 Å². The molecule has 0 radical (unpaired) electrons. The van der Waals surface area contributed by atoms with E-state index < -0.39 is 0 Å². The minimum Gasteiger partial charge on any atom is -0.352 e. The zero-order chi connectivity index (χ0) is 20.8. The van der Waals surface area contributed by atoms with E-state index in [4.69, 9.17) is 0 Å². The van der Waals surface area contributed by atoms with Crippen LogP contribution in [0.15, 0.2) is 84.9 Å². The number of amides is 2. The van der Waals surface area contributed by atoms with Gasteiger partial charge in [0, 0.05) is 29.6 Å². The van der Waals surface area contributed by atoms with Gasteiger partial charge in [0.15, 0.2) is 0 Å². The summed E-state index contributed by atoms with van der Waals surface area (Å²) in [5.74, 6) is 0.269. The Labute approximate surface area is 177 Å². The number of carbonyl (C=O) groups excluding carboxylic acids is 2. The van der Waals surface area contributed by atoms with Gasteiger partial charge in [0.25, 0.3) is 5.91 Å². The first-order valence-corrected chi connectivity index (χ1v) is 10.5. The minimum atomic E-state index is -0.127. The second-order valence-electron chi connectivity index (χ2n) is 7.76. The van der Waals surface area contributed by atoms with Crippen LogP contribution < -0.4 is 10.6 Å². The summed E-state index contributed by atoms with van der Waals surface area (Å²) in [4.78, 5) is 24.6. The van der Waals surface area contributed by atoms with Crippen LogP contribution in [0.5, 0.6) is 0 Å². The monoisotopic (exact) mass is 398 g/mol. The van der Waals surface area contributed by atoms with E-state index in [1.165, 1.54) is 11.1 Å². The molecule has 4 heteroatoms. The third kappa shape index (κ3) is 5.15. The zero-order valence-corrected chi connectivity index (χ0v) is 16.9. The van der Waals surface area contributed by atoms with Gasteiger partial charge in [0.2, 0.25) is 5.91 Å². The molecule has 3 aromatic carbocycles. The first-order valence-electron chi connectivity index (χ1n) is 10.5. The van der Waals surface area contributed by atoms with Crippen molar-refractivity contribution in [3.63, 3.8) is 0 Å². The predicted molar refractivity (Wildman–Crippen MR) is 119 cm³/mol. The highest BCUT2D eigenvalue weighted by atomic mass is 16.2. The fraction of sp³-hybridized carbons (Fsp3) is 0.231. The Morgan fingerprint density at radius 3 is 2.07 bits per heavy atom. The summed E-state index contributed by atoms with van der Waals surface area (Å²) >= 11 is 0. The Kier molecular flexibility index (Phi) is 6.23. The number of benzene rings is 3. The van der Waals surface area contributed by atoms with Crippen LogP contribution >= 0.6 is 0 Å². The van der Waals surface area contributed by atoms with E-state index in [-0.39, 0.29) is 23.7 Å². The van der Waals surface area contributed by atoms with Crippen LogP contribution in [0.2, 0.25) is 0 Å². The van der Waals surface area contributed by atoms with Crippen molar-refractivity contribution in [2.45, 2.75) is 25.2 Å². The molecule has 4 rings (SSSR count). The molecule has 0 unspecified atom stereocenters. The van der Waals surface area contributed by atoms with Crippen molar-refractivity contribution in [2.75, 3.05) is 11.9 Å². The fourth-order valence-corrected chi connectivity index (χ4v) is 3.66. The largest absolute Gasteiger partial charge is 0.352 e. The van der Waals surface area contributed by atoms with E-state index in [0.29, 0.717) is 17.8 Å². The second kappa shape index (κ2) is 9.40. The first-order chi connectivity index (χ1) is 14.7. The molecule has 4 nitrogen and oxygen atoms in total. The SMILES string of the molecule is O=C(NCCC(c1ccccc1)c1ccccc1)c1cccc(NC(=O)C2CC2)c1. The lowest BCUT2D eigenvalue weighted by molar-refractivity contribution is -0.117. The summed E-state index contributed by atoms with van der Waals surface area (Å²) in [5.41, 5.74) is 3.70. The molecule has 0 heterocycles. The summed E-state index contributed by atoms with van der Waals surface area (Å²) in [7, 11) is 0. The van der Waals surface area contributed by atoms with Crippen molar-refractivity contribution in [3.05, 3.63) is 102 Å². The van der Waals surface area contributed by atoms with Gasteiger partial charge in [-0.2, -0.15) is 0 Å². The second-order valence-corrected chi connectivity index (χ2v) is 7.76. The maximum Gasteiger partial charge on any atom is 0.251 e. The van der Waals surface area contributed by atoms with Crippen LogP contribution in [0.4, 0.5) is 5.69 Å². The Morgan fingerprint density at radius 2 is 1.47 bits per heavy atom. The standard InChI is InChI=1S/C26H26N2O2/c29-25(22-12-7-13-23(18-22)28-26(30)21-14-15-21)27-17-16-24(19-8-3-1-4-9-19)20-10-5-2-6-11-20/h1-13,18,21,24H,14-17H2,(H,27,29)(H,28,30). The number of carbonyl (C=O) groups is 2. The highest BCUT2D eigenvalue weighted by Gasteiger charge is 2.29. The van der Waals surface area contributed by atoms with E-state index >= 15 is 0 Å². The summed E-state index contributed by atoms with van der Waals surface area (Å²) < 4.78 is 0. The molecule has 1 fully saturated rings. The van der Waals surface area contributed by atoms with Gasteiger partial charge in [-0.3, -0.25) is 9.59 Å². The molecule has 2 amide bonds. The van der Waals surface area contributed by atoms with Gasteiger partial charge >= 0.3 is 0 Å². The number of rotatable bonds is 8. The predicted octanol–water partition coefficient (Wildman–Crippen LogP) is 4.99. The Hall–Kier alpha value is -3.40. The number of anilines is 1. The quantitative estimate of drug-likeness (QED) is 0.562. The lowest BCUT2D eigenvalue weighted by Crippen LogP contribution is -2.26. The lowest BCUT2D eigenvalue weighted by atomic mass is 9.88. The van der Waals surface area contributed by atoms with Gasteiger partial charge in [-0.1, -0.05) is 66.7 Å². The van der Waals surface area contributed by atoms with E-state index in [0.717, 1.165) is 19.3 Å². The normalized spacial score (nSPS) is 13.1. The van der Waals surface area contributed by atoms with Crippen LogP contribution in [0.3, 0.4) is 0 Å². The van der Waals surface area contributed by atoms with Gasteiger partial charge in [0.05, 0.1) is 0 Å². The summed E-state index contributed by atoms with van der Waals surface area (Å²) in [5, 5.41) is 5.93. The molecule has 0 aromatic heterocycles. The molecule has 0 aliphatic heterocycles. The van der Waals surface area contributed by atoms with E-state index in [2.05, 4.69) is 34.9 Å². The lowest BCUT2D eigenvalue weighted by Gasteiger charge is -2.18. The van der Waals surface area contributed by atoms with Crippen LogP contribution in [0.1, 0.15) is 46.7 Å². The van der Waals surface area contributed by atoms with Gasteiger partial charge < -0.3 is 10.6 Å². The molecular weight excluding hydrogens is 372 g/mol. The van der Waals surface area contributed by atoms with Gasteiger partial charge in [0.1, 0.15) is 0 Å². The molecule has 2 N–H and O–H groups in total. The Balaban J connectivity index is 1.38. The molecule has 0 atom stereocenters. The zero-order valence-electron chi connectivity index (χ0n) is 16.9. The molecule has 0 bridgehead atoms. The summed E-state index contributed by atoms with van der Waals surface area (Å²) in [6, 6.07) is 27.9. The smallest absolute Gasteiger partial charge is 0.251 e. The number of hydrogen-bond acceptors (Lipinski definition) is 2. The highest BCUT2D eigenvalue weighted by Crippen LogP contribution is 2.30. The molecule has 30 heavy (non-hydrogen) atoms. The maximum absolute atomic E-state index is 12.7. The third-order valence-electron chi connectivity index (χ3n) is 5.46. The van der Waals surface area contributed by atoms with E-state index in [1.54, 1.807) is 18.2 Å². The van der Waals surface area contributed by atoms with Crippen molar-refractivity contribution in [3.8, 4) is 0 Å². The third-order valence-corrected chi connectivity index (χ3v) is 5.46. The first kappa shape index (κ1) is 19.9. The highest BCUT2D eigenvalue weighted by molar-refractivity contribution is 5.98. The summed E-state index contributed by atoms with van der Waals surface area (Å²) in [6.45, 7) is 0.561. The molecule has 3 aromatic rings. The van der Waals surface area contributed by atoms with Crippen molar-refractivity contribution < 1.29 is 9.59 Å². The van der Waals surface area contributed by atoms with Crippen LogP contribution in [-0.2, 0) is 4.79 Å². The van der Waals surface area contributed by atoms with Crippen LogP contribution in [-0.4, -0.2) is 18.4 Å². The maximum atomic E-state index is 12.7. The van der Waals surface area contributed by atoms with Crippen molar-refractivity contribution in [1.82, 2.24) is 5.32 Å². The van der Waals surface area contributed by atoms with Gasteiger partial charge in [-0.25, -0.2) is 0 Å². The molecule has 1 aliphatic rings. The summed E-state index contributed by atoms with van der Waals surface area (Å²) in [6.07, 6.45) is 2.71. The number of nitrogens with one attached hydrogen (secondary N) is 2. The minimum absolute atomic E-state index is 0.0427.